The molecule has 0 fully saturated rings. The average molecular weight is 1260 g/mol. The molecule has 0 saturated heterocycles. The Hall–Kier alpha value is -8.70. The molecule has 0 heterocycles. The fourth-order valence-corrected chi connectivity index (χ4v) is 15.5. The van der Waals surface area contributed by atoms with E-state index in [0.29, 0.717) is 38.9 Å². The van der Waals surface area contributed by atoms with Gasteiger partial charge in [0.1, 0.15) is 45.1 Å². The van der Waals surface area contributed by atoms with Crippen molar-refractivity contribution in [1.29, 1.82) is 0 Å². The minimum absolute atomic E-state index is 0. The van der Waals surface area contributed by atoms with Gasteiger partial charge < -0.3 is 28.1 Å². The lowest BCUT2D eigenvalue weighted by atomic mass is 10.1. The van der Waals surface area contributed by atoms with Gasteiger partial charge in [0.05, 0.1) is 12.0 Å². The van der Waals surface area contributed by atoms with Gasteiger partial charge in [-0.3, -0.25) is 9.11 Å². The van der Waals surface area contributed by atoms with Crippen molar-refractivity contribution in [3.8, 4) is 62.5 Å². The second-order valence-corrected chi connectivity index (χ2v) is 27.0. The zero-order valence-electron chi connectivity index (χ0n) is 43.4. The Morgan fingerprint density at radius 1 is 0.360 bits per heavy atom. The van der Waals surface area contributed by atoms with Crippen LogP contribution in [0, 0.1) is 6.92 Å². The number of methoxy groups -OCH3 is 1. The zero-order chi connectivity index (χ0) is 58.2. The summed E-state index contributed by atoms with van der Waals surface area (Å²) in [6, 6.07) is 69.1. The van der Waals surface area contributed by atoms with Crippen LogP contribution in [-0.4, -0.2) is 45.7 Å². The Labute approximate surface area is 504 Å². The van der Waals surface area contributed by atoms with Gasteiger partial charge in [-0.05, 0) is 157 Å². The normalized spacial score (nSPS) is 12.2. The Kier molecular flexibility index (Phi) is 22.9. The molecule has 10 aromatic rings. The fourth-order valence-electron chi connectivity index (χ4n) is 8.88. The molecule has 15 nitrogen and oxygen atoms in total. The van der Waals surface area contributed by atoms with Crippen molar-refractivity contribution in [2.24, 2.45) is 0 Å². The van der Waals surface area contributed by atoms with E-state index < -0.39 is 54.9 Å². The third kappa shape index (κ3) is 15.8. The highest BCUT2D eigenvalue weighted by Crippen LogP contribution is 2.46. The van der Waals surface area contributed by atoms with E-state index in [1.807, 2.05) is 146 Å². The largest absolute Gasteiger partial charge is 0.497 e. The van der Waals surface area contributed by atoms with E-state index in [-0.39, 0.29) is 57.1 Å². The second-order valence-electron chi connectivity index (χ2n) is 18.3. The molecule has 10 aromatic carbocycles. The zero-order valence-corrected chi connectivity index (χ0v) is 47.7. The highest BCUT2D eigenvalue weighted by Gasteiger charge is 2.34. The summed E-state index contributed by atoms with van der Waals surface area (Å²) >= 11 is 0. The van der Waals surface area contributed by atoms with Gasteiger partial charge in [-0.2, -0.15) is 16.8 Å². The minimum Gasteiger partial charge on any atom is -0.497 e. The molecule has 2 N–H and O–H groups in total. The first-order valence-corrected chi connectivity index (χ1v) is 32.0. The molecular formula is C66H64O15P2S3. The summed E-state index contributed by atoms with van der Waals surface area (Å²) in [4.78, 5) is -1.16. The molecule has 10 rings (SSSR count). The fraction of sp³-hybridized carbons (Fsp3) is 0.0909. The summed E-state index contributed by atoms with van der Waals surface area (Å²) < 4.78 is 150. The van der Waals surface area contributed by atoms with Crippen LogP contribution in [0.5, 0.6) is 40.2 Å². The molecule has 446 valence electrons. The predicted octanol–water partition coefficient (Wildman–Crippen LogP) is 14.0. The van der Waals surface area contributed by atoms with Gasteiger partial charge in [0.25, 0.3) is 20.2 Å². The predicted molar refractivity (Wildman–Crippen MR) is 343 cm³/mol. The number of hydrogen-bond acceptors (Lipinski definition) is 13. The van der Waals surface area contributed by atoms with Gasteiger partial charge in [-0.1, -0.05) is 151 Å². The summed E-state index contributed by atoms with van der Waals surface area (Å²) in [6.07, 6.45) is 0. The van der Waals surface area contributed by atoms with E-state index >= 15 is 9.13 Å². The number of aryl methyl sites for hydroxylation is 1. The molecule has 0 aromatic heterocycles. The smallest absolute Gasteiger partial charge is 0.425 e. The average Bonchev–Trinajstić information content (AvgIpc) is 0.853. The number of hydrogen-bond donors (Lipinski definition) is 2. The Balaban J connectivity index is 0.00000164. The van der Waals surface area contributed by atoms with Gasteiger partial charge in [0.15, 0.2) is 14.3 Å². The van der Waals surface area contributed by atoms with E-state index in [9.17, 15) is 25.9 Å². The molecule has 0 aliphatic heterocycles. The monoisotopic (exact) mass is 1250 g/mol. The summed E-state index contributed by atoms with van der Waals surface area (Å²) in [5, 5.41) is 2.17. The lowest BCUT2D eigenvalue weighted by Crippen LogP contribution is -2.26. The summed E-state index contributed by atoms with van der Waals surface area (Å²) in [7, 11) is -18.5. The van der Waals surface area contributed by atoms with Crippen molar-refractivity contribution in [3.05, 3.63) is 248 Å². The molecule has 0 aliphatic rings. The highest BCUT2D eigenvalue weighted by molar-refractivity contribution is 7.87. The molecule has 0 saturated carbocycles. The van der Waals surface area contributed by atoms with E-state index in [0.717, 1.165) is 51.8 Å². The SMILES string of the molecule is C.C.C.C.COc1ccc(-c2ccc(Oc3ccc(P(=O)(c4ccccc4)c4ccc(Oc5ccc(-c6ccc(Oc7ccc(P(=O)(c8ccc(C)cc8)c8cccc(S(=O)(=O)O)c8)cc7S(=O)(=O)O)cc6)cc5)cc4)cc3)cc2)cc1.O=S(=O)=O. The van der Waals surface area contributed by atoms with Gasteiger partial charge in [-0.15, -0.1) is 12.6 Å². The van der Waals surface area contributed by atoms with Gasteiger partial charge in [0, 0.05) is 31.8 Å². The van der Waals surface area contributed by atoms with Crippen molar-refractivity contribution in [2.45, 2.75) is 46.4 Å². The van der Waals surface area contributed by atoms with E-state index in [2.05, 4.69) is 0 Å². The lowest BCUT2D eigenvalue weighted by Gasteiger charge is -2.22. The van der Waals surface area contributed by atoms with E-state index in [4.69, 9.17) is 31.6 Å². The molecule has 0 radical (unpaired) electrons. The van der Waals surface area contributed by atoms with Crippen LogP contribution in [0.4, 0.5) is 0 Å². The standard InChI is InChI=1S/C62H48O12P2S2.4CH4.O3S/c1-43-11-33-55(34-12-43)76(64,58-9-6-10-60(41-58)77(65,66)67)59-39-40-61(62(42-59)78(68,69)70)74-53-27-19-47(20-28-53)46-17-25-50(26-18-46)73-52-31-37-57(38-32-52)75(63,54-7-4-3-5-8-54)56-35-29-51(30-36-56)72-49-23-15-45(16-24-49)44-13-21-48(71-2)22-14-44;;;;;1-4(2)3/h3-42H,1-2H3,(H,65,66,67)(H,68,69,70);4*1H4;. The van der Waals surface area contributed by atoms with Gasteiger partial charge in [0.2, 0.25) is 0 Å². The van der Waals surface area contributed by atoms with E-state index in [1.54, 1.807) is 67.8 Å². The van der Waals surface area contributed by atoms with Crippen molar-refractivity contribution >= 4 is 77.0 Å². The molecular weight excluding hydrogens is 1190 g/mol. The molecule has 0 bridgehead atoms. The van der Waals surface area contributed by atoms with Gasteiger partial charge in [-0.25, -0.2) is 0 Å². The molecule has 2 unspecified atom stereocenters. The molecule has 0 aliphatic carbocycles. The third-order valence-corrected chi connectivity index (χ3v) is 20.8. The Bertz CT molecular complexity index is 4360. The second kappa shape index (κ2) is 28.9. The molecule has 86 heavy (non-hydrogen) atoms. The third-order valence-electron chi connectivity index (χ3n) is 13.0. The van der Waals surface area contributed by atoms with Crippen molar-refractivity contribution in [3.63, 3.8) is 0 Å². The van der Waals surface area contributed by atoms with Crippen LogP contribution in [0.3, 0.4) is 0 Å². The number of ether oxygens (including phenoxy) is 4. The van der Waals surface area contributed by atoms with Crippen LogP contribution in [0.25, 0.3) is 22.3 Å². The maximum absolute atomic E-state index is 15.3. The first-order valence-electron chi connectivity index (χ1n) is 24.7. The van der Waals surface area contributed by atoms with Crippen LogP contribution in [-0.2, 0) is 40.0 Å². The first kappa shape index (κ1) is 68.1. The molecule has 20 heteroatoms. The van der Waals surface area contributed by atoms with Crippen molar-refractivity contribution in [2.75, 3.05) is 7.11 Å². The Morgan fingerprint density at radius 2 is 0.674 bits per heavy atom. The highest BCUT2D eigenvalue weighted by atomic mass is 32.2. The molecule has 0 amide bonds. The van der Waals surface area contributed by atoms with Crippen LogP contribution >= 0.6 is 14.3 Å². The summed E-state index contributed by atoms with van der Waals surface area (Å²) in [6.45, 7) is 1.83. The minimum atomic E-state index is -4.98. The van der Waals surface area contributed by atoms with Crippen LogP contribution in [0.1, 0.15) is 35.3 Å². The van der Waals surface area contributed by atoms with Gasteiger partial charge >= 0.3 is 10.6 Å². The maximum atomic E-state index is 15.3. The number of benzene rings is 10. The Morgan fingerprint density at radius 3 is 1.06 bits per heavy atom. The quantitative estimate of drug-likeness (QED) is 0.0638. The summed E-state index contributed by atoms with van der Waals surface area (Å²) in [5.74, 6) is 3.14. The first-order chi connectivity index (χ1) is 39.2. The topological polar surface area (TPSA) is 231 Å². The number of rotatable bonds is 17. The van der Waals surface area contributed by atoms with Crippen LogP contribution in [0.15, 0.2) is 252 Å². The summed E-state index contributed by atoms with van der Waals surface area (Å²) in [5.41, 5.74) is 4.58. The molecule has 2 atom stereocenters. The lowest BCUT2D eigenvalue weighted by molar-refractivity contribution is 0.415. The molecule has 0 spiro atoms. The van der Waals surface area contributed by atoms with Crippen molar-refractivity contribution < 1.29 is 66.6 Å². The maximum Gasteiger partial charge on any atom is 0.425 e. The van der Waals surface area contributed by atoms with Crippen molar-refractivity contribution in [1.82, 2.24) is 0 Å². The van der Waals surface area contributed by atoms with Crippen LogP contribution in [0.2, 0.25) is 0 Å². The van der Waals surface area contributed by atoms with Crippen LogP contribution < -0.4 is 50.8 Å². The van der Waals surface area contributed by atoms with E-state index in [1.165, 1.54) is 24.3 Å².